The van der Waals surface area contributed by atoms with Crippen LogP contribution in [0.25, 0.3) is 0 Å². The maximum Gasteiger partial charge on any atom is 0.131 e. The summed E-state index contributed by atoms with van der Waals surface area (Å²) in [6, 6.07) is 15.5. The molecule has 2 nitrogen and oxygen atoms in total. The minimum absolute atomic E-state index is 0.686. The smallest absolute Gasteiger partial charge is 0.131 e. The number of ether oxygens (including phenoxy) is 2. The number of benzene rings is 2. The topological polar surface area (TPSA) is 18.5 Å². The van der Waals surface area contributed by atoms with E-state index in [9.17, 15) is 0 Å². The van der Waals surface area contributed by atoms with Crippen molar-refractivity contribution in [1.82, 2.24) is 0 Å². The maximum absolute atomic E-state index is 5.83. The third-order valence-corrected chi connectivity index (χ3v) is 2.95. The highest BCUT2D eigenvalue weighted by Crippen LogP contribution is 2.26. The summed E-state index contributed by atoms with van der Waals surface area (Å²) >= 11 is 0. The van der Waals surface area contributed by atoms with Crippen LogP contribution in [0.5, 0.6) is 17.2 Å². The van der Waals surface area contributed by atoms with Crippen LogP contribution < -0.4 is 9.47 Å². The molecule has 0 saturated carbocycles. The molecule has 2 aromatic rings. The van der Waals surface area contributed by atoms with Gasteiger partial charge < -0.3 is 9.47 Å². The summed E-state index contributed by atoms with van der Waals surface area (Å²) in [5, 5.41) is 0. The Kier molecular flexibility index (Phi) is 5.61. The first-order chi connectivity index (χ1) is 10.7. The van der Waals surface area contributed by atoms with E-state index in [4.69, 9.17) is 9.47 Å². The monoisotopic (exact) mass is 292 g/mol. The molecule has 0 heterocycles. The van der Waals surface area contributed by atoms with E-state index in [-0.39, 0.29) is 0 Å². The van der Waals surface area contributed by atoms with Crippen LogP contribution in [0.4, 0.5) is 0 Å². The fraction of sp³-hybridized carbons (Fsp3) is 0.100. The van der Waals surface area contributed by atoms with Crippen molar-refractivity contribution in [2.45, 2.75) is 13.8 Å². The summed E-state index contributed by atoms with van der Waals surface area (Å²) in [6.45, 7) is 7.75. The van der Waals surface area contributed by atoms with Crippen molar-refractivity contribution in [2.75, 3.05) is 0 Å². The lowest BCUT2D eigenvalue weighted by atomic mass is 10.2. The molecular weight excluding hydrogens is 272 g/mol. The van der Waals surface area contributed by atoms with Gasteiger partial charge in [0.1, 0.15) is 23.0 Å². The molecule has 2 rings (SSSR count). The third-order valence-electron chi connectivity index (χ3n) is 2.95. The second-order valence-corrected chi connectivity index (χ2v) is 4.79. The lowest BCUT2D eigenvalue weighted by Crippen LogP contribution is -1.92. The predicted octanol–water partition coefficient (Wildman–Crippen LogP) is 5.81. The van der Waals surface area contributed by atoms with E-state index >= 15 is 0 Å². The molecule has 2 heteroatoms. The zero-order valence-electron chi connectivity index (χ0n) is 13.0. The van der Waals surface area contributed by atoms with Crippen molar-refractivity contribution in [3.05, 3.63) is 90.7 Å². The van der Waals surface area contributed by atoms with E-state index in [1.807, 2.05) is 80.6 Å². The highest BCUT2D eigenvalue weighted by Gasteiger charge is 2.01. The molecule has 0 bridgehead atoms. The van der Waals surface area contributed by atoms with E-state index in [1.54, 1.807) is 6.08 Å². The molecule has 2 aromatic carbocycles. The molecule has 0 radical (unpaired) electrons. The minimum Gasteiger partial charge on any atom is -0.457 e. The molecule has 0 aliphatic rings. The molecule has 0 amide bonds. The van der Waals surface area contributed by atoms with Crippen LogP contribution in [-0.4, -0.2) is 0 Å². The number of hydrogen-bond acceptors (Lipinski definition) is 2. The Morgan fingerprint density at radius 2 is 1.73 bits per heavy atom. The lowest BCUT2D eigenvalue weighted by molar-refractivity contribution is 0.435. The second kappa shape index (κ2) is 7.89. The molecule has 0 saturated heterocycles. The summed E-state index contributed by atoms with van der Waals surface area (Å²) in [4.78, 5) is 0. The number of aryl methyl sites for hydroxylation is 1. The summed E-state index contributed by atoms with van der Waals surface area (Å²) < 4.78 is 11.6. The summed E-state index contributed by atoms with van der Waals surface area (Å²) in [5.41, 5.74) is 1.20. The van der Waals surface area contributed by atoms with Gasteiger partial charge in [-0.3, -0.25) is 0 Å². The Morgan fingerprint density at radius 3 is 2.41 bits per heavy atom. The van der Waals surface area contributed by atoms with E-state index in [0.29, 0.717) is 11.5 Å². The number of rotatable bonds is 6. The van der Waals surface area contributed by atoms with Gasteiger partial charge in [-0.25, -0.2) is 0 Å². The first kappa shape index (κ1) is 15.6. The molecule has 0 fully saturated rings. The Morgan fingerprint density at radius 1 is 1.00 bits per heavy atom. The van der Waals surface area contributed by atoms with Gasteiger partial charge in [0.05, 0.1) is 0 Å². The van der Waals surface area contributed by atoms with Crippen LogP contribution in [0.1, 0.15) is 12.5 Å². The average molecular weight is 292 g/mol. The van der Waals surface area contributed by atoms with Gasteiger partial charge >= 0.3 is 0 Å². The molecular formula is C20H20O2. The molecule has 0 spiro atoms. The van der Waals surface area contributed by atoms with Crippen LogP contribution in [0, 0.1) is 6.92 Å². The quantitative estimate of drug-likeness (QED) is 0.494. The summed E-state index contributed by atoms with van der Waals surface area (Å²) in [5.74, 6) is 2.93. The standard InChI is InChI=1S/C20H20O2/c1-4-6-8-17(5-2)21-19-9-7-10-20(15-19)22-18-13-11-16(3)12-14-18/h4-15H,2H2,1,3H3/b6-4+,17-8+. The molecule has 0 atom stereocenters. The predicted molar refractivity (Wildman–Crippen MR) is 91.4 cm³/mol. The van der Waals surface area contributed by atoms with E-state index < -0.39 is 0 Å². The van der Waals surface area contributed by atoms with E-state index in [2.05, 4.69) is 6.58 Å². The van der Waals surface area contributed by atoms with E-state index in [1.165, 1.54) is 5.56 Å². The number of hydrogen-bond donors (Lipinski definition) is 0. The molecule has 112 valence electrons. The molecule has 0 aliphatic heterocycles. The largest absolute Gasteiger partial charge is 0.457 e. The second-order valence-electron chi connectivity index (χ2n) is 4.79. The van der Waals surface area contributed by atoms with Crippen LogP contribution >= 0.6 is 0 Å². The van der Waals surface area contributed by atoms with Gasteiger partial charge in [-0.1, -0.05) is 42.5 Å². The van der Waals surface area contributed by atoms with Crippen LogP contribution in [0.2, 0.25) is 0 Å². The Labute approximate surface area is 132 Å². The fourth-order valence-corrected chi connectivity index (χ4v) is 1.81. The highest BCUT2D eigenvalue weighted by atomic mass is 16.5. The van der Waals surface area contributed by atoms with Crippen molar-refractivity contribution >= 4 is 0 Å². The molecule has 22 heavy (non-hydrogen) atoms. The van der Waals surface area contributed by atoms with Gasteiger partial charge in [-0.15, -0.1) is 0 Å². The van der Waals surface area contributed by atoms with Crippen molar-refractivity contribution in [3.8, 4) is 17.2 Å². The van der Waals surface area contributed by atoms with E-state index in [0.717, 1.165) is 11.5 Å². The Hall–Kier alpha value is -2.74. The molecule has 0 aliphatic carbocycles. The first-order valence-corrected chi connectivity index (χ1v) is 7.19. The summed E-state index contributed by atoms with van der Waals surface area (Å²) in [6.07, 6.45) is 7.38. The minimum atomic E-state index is 0.686. The van der Waals surface area contributed by atoms with Crippen molar-refractivity contribution in [2.24, 2.45) is 0 Å². The third kappa shape index (κ3) is 4.67. The molecule has 0 aromatic heterocycles. The SMILES string of the molecule is C=C/C(=C\C=C\C)Oc1cccc(Oc2ccc(C)cc2)c1. The normalized spacial score (nSPS) is 11.5. The Bertz CT molecular complexity index is 679. The number of allylic oxidation sites excluding steroid dienone is 4. The fourth-order valence-electron chi connectivity index (χ4n) is 1.81. The van der Waals surface area contributed by atoms with Crippen molar-refractivity contribution in [3.63, 3.8) is 0 Å². The Balaban J connectivity index is 2.12. The van der Waals surface area contributed by atoms with Crippen LogP contribution in [0.3, 0.4) is 0 Å². The van der Waals surface area contributed by atoms with Crippen molar-refractivity contribution < 1.29 is 9.47 Å². The zero-order valence-corrected chi connectivity index (χ0v) is 13.0. The van der Waals surface area contributed by atoms with Gasteiger partial charge in [0, 0.05) is 6.07 Å². The van der Waals surface area contributed by atoms with Crippen LogP contribution in [0.15, 0.2) is 85.2 Å². The van der Waals surface area contributed by atoms with Gasteiger partial charge in [-0.05, 0) is 50.3 Å². The highest BCUT2D eigenvalue weighted by molar-refractivity contribution is 5.38. The van der Waals surface area contributed by atoms with Crippen molar-refractivity contribution in [1.29, 1.82) is 0 Å². The van der Waals surface area contributed by atoms with Gasteiger partial charge in [-0.2, -0.15) is 0 Å². The van der Waals surface area contributed by atoms with Gasteiger partial charge in [0.15, 0.2) is 0 Å². The zero-order chi connectivity index (χ0) is 15.8. The molecule has 0 N–H and O–H groups in total. The maximum atomic E-state index is 5.83. The van der Waals surface area contributed by atoms with Gasteiger partial charge in [0.2, 0.25) is 0 Å². The van der Waals surface area contributed by atoms with Crippen LogP contribution in [-0.2, 0) is 0 Å². The summed E-state index contributed by atoms with van der Waals surface area (Å²) in [7, 11) is 0. The molecule has 0 unspecified atom stereocenters. The average Bonchev–Trinajstić information content (AvgIpc) is 2.54. The lowest BCUT2D eigenvalue weighted by Gasteiger charge is -2.09. The first-order valence-electron chi connectivity index (χ1n) is 7.19. The van der Waals surface area contributed by atoms with Gasteiger partial charge in [0.25, 0.3) is 0 Å².